The molecule has 4 aromatic carbocycles. The third-order valence-corrected chi connectivity index (χ3v) is 5.59. The number of anilines is 1. The lowest BCUT2D eigenvalue weighted by Gasteiger charge is -2.20. The molecule has 7 heteroatoms. The molecule has 0 saturated heterocycles. The number of hydrogen-bond acceptors (Lipinski definition) is 5. The standard InChI is InChI=1S/C29H22N4O3/c1-36-25-19-17-21(18-20-25)26-30-29(33(31-26)24-15-9-4-10-16-24)32(27(34)22-11-5-2-6-12-22)28(35)23-13-7-3-8-14-23/h2-20H,1H3. The van der Waals surface area contributed by atoms with Crippen molar-refractivity contribution in [3.05, 3.63) is 126 Å². The maximum absolute atomic E-state index is 13.8. The largest absolute Gasteiger partial charge is 0.497 e. The first-order chi connectivity index (χ1) is 17.7. The predicted octanol–water partition coefficient (Wildman–Crippen LogP) is 5.43. The first-order valence-corrected chi connectivity index (χ1v) is 11.3. The van der Waals surface area contributed by atoms with Crippen molar-refractivity contribution in [1.29, 1.82) is 0 Å². The fourth-order valence-electron chi connectivity index (χ4n) is 3.75. The molecule has 1 heterocycles. The molecule has 5 aromatic rings. The van der Waals surface area contributed by atoms with Gasteiger partial charge < -0.3 is 4.74 Å². The van der Waals surface area contributed by atoms with E-state index in [9.17, 15) is 9.59 Å². The van der Waals surface area contributed by atoms with Crippen molar-refractivity contribution in [1.82, 2.24) is 14.8 Å². The summed E-state index contributed by atoms with van der Waals surface area (Å²) in [6.45, 7) is 0. The van der Waals surface area contributed by atoms with Gasteiger partial charge in [-0.3, -0.25) is 9.59 Å². The number of benzene rings is 4. The number of carbonyl (C=O) groups is 2. The number of amides is 2. The Morgan fingerprint density at radius 2 is 1.19 bits per heavy atom. The van der Waals surface area contributed by atoms with Crippen LogP contribution in [0, 0.1) is 0 Å². The molecule has 0 saturated carbocycles. The average molecular weight is 475 g/mol. The van der Waals surface area contributed by atoms with Crippen LogP contribution in [0.2, 0.25) is 0 Å². The van der Waals surface area contributed by atoms with Gasteiger partial charge in [-0.2, -0.15) is 9.67 Å². The van der Waals surface area contributed by atoms with Crippen LogP contribution in [0.4, 0.5) is 5.95 Å². The van der Waals surface area contributed by atoms with Crippen LogP contribution in [-0.4, -0.2) is 33.7 Å². The zero-order chi connectivity index (χ0) is 24.9. The third kappa shape index (κ3) is 4.50. The molecule has 0 bridgehead atoms. The molecule has 0 radical (unpaired) electrons. The molecule has 0 N–H and O–H groups in total. The summed E-state index contributed by atoms with van der Waals surface area (Å²) in [5, 5.41) is 4.70. The lowest BCUT2D eigenvalue weighted by atomic mass is 10.1. The fraction of sp³-hybridized carbons (Fsp3) is 0.0345. The van der Waals surface area contributed by atoms with E-state index in [1.165, 1.54) is 4.68 Å². The Bertz CT molecular complexity index is 1430. The molecule has 0 atom stereocenters. The molecule has 0 unspecified atom stereocenters. The van der Waals surface area contributed by atoms with Crippen LogP contribution in [-0.2, 0) is 0 Å². The van der Waals surface area contributed by atoms with E-state index in [0.29, 0.717) is 34.0 Å². The van der Waals surface area contributed by atoms with Gasteiger partial charge in [-0.05, 0) is 60.7 Å². The highest BCUT2D eigenvalue weighted by atomic mass is 16.5. The van der Waals surface area contributed by atoms with Gasteiger partial charge in [-0.25, -0.2) is 4.90 Å². The SMILES string of the molecule is COc1ccc(-c2nc(N(C(=O)c3ccccc3)C(=O)c3ccccc3)n(-c3ccccc3)n2)cc1. The lowest BCUT2D eigenvalue weighted by molar-refractivity contribution is 0.0894. The van der Waals surface area contributed by atoms with Gasteiger partial charge >= 0.3 is 0 Å². The second-order valence-electron chi connectivity index (χ2n) is 7.89. The van der Waals surface area contributed by atoms with Gasteiger partial charge in [0.2, 0.25) is 5.95 Å². The van der Waals surface area contributed by atoms with E-state index < -0.39 is 11.8 Å². The molecule has 0 spiro atoms. The summed E-state index contributed by atoms with van der Waals surface area (Å²) in [7, 11) is 1.59. The molecule has 1 aromatic heterocycles. The number of ether oxygens (including phenoxy) is 1. The van der Waals surface area contributed by atoms with Crippen molar-refractivity contribution < 1.29 is 14.3 Å². The van der Waals surface area contributed by atoms with Crippen LogP contribution in [0.25, 0.3) is 17.1 Å². The number of imide groups is 1. The molecule has 2 amide bonds. The number of rotatable bonds is 6. The molecular formula is C29H22N4O3. The monoisotopic (exact) mass is 474 g/mol. The molecule has 176 valence electrons. The van der Waals surface area contributed by atoms with E-state index in [2.05, 4.69) is 0 Å². The first-order valence-electron chi connectivity index (χ1n) is 11.3. The zero-order valence-electron chi connectivity index (χ0n) is 19.5. The molecule has 0 aliphatic carbocycles. The van der Waals surface area contributed by atoms with E-state index in [-0.39, 0.29) is 5.95 Å². The van der Waals surface area contributed by atoms with Gasteiger partial charge in [0, 0.05) is 16.7 Å². The number of nitrogens with zero attached hydrogens (tertiary/aromatic N) is 4. The van der Waals surface area contributed by atoms with Crippen molar-refractivity contribution >= 4 is 17.8 Å². The van der Waals surface area contributed by atoms with Gasteiger partial charge in [-0.1, -0.05) is 54.6 Å². The van der Waals surface area contributed by atoms with Crippen LogP contribution in [0.5, 0.6) is 5.75 Å². The minimum absolute atomic E-state index is 0.0923. The lowest BCUT2D eigenvalue weighted by Crippen LogP contribution is -2.39. The van der Waals surface area contributed by atoms with Crippen LogP contribution >= 0.6 is 0 Å². The zero-order valence-corrected chi connectivity index (χ0v) is 19.5. The summed E-state index contributed by atoms with van der Waals surface area (Å²) in [5.41, 5.74) is 2.09. The quantitative estimate of drug-likeness (QED) is 0.307. The van der Waals surface area contributed by atoms with Crippen molar-refractivity contribution in [3.63, 3.8) is 0 Å². The van der Waals surface area contributed by atoms with Crippen LogP contribution in [0.1, 0.15) is 20.7 Å². The normalized spacial score (nSPS) is 10.6. The van der Waals surface area contributed by atoms with Crippen molar-refractivity contribution in [2.45, 2.75) is 0 Å². The molecule has 5 rings (SSSR count). The number of hydrogen-bond donors (Lipinski definition) is 0. The highest BCUT2D eigenvalue weighted by molar-refractivity contribution is 6.25. The van der Waals surface area contributed by atoms with Crippen molar-refractivity contribution in [2.75, 3.05) is 12.0 Å². The van der Waals surface area contributed by atoms with E-state index in [0.717, 1.165) is 4.90 Å². The van der Waals surface area contributed by atoms with Crippen LogP contribution < -0.4 is 9.64 Å². The molecule has 7 nitrogen and oxygen atoms in total. The Balaban J connectivity index is 1.70. The van der Waals surface area contributed by atoms with Gasteiger partial charge in [0.1, 0.15) is 5.75 Å². The van der Waals surface area contributed by atoms with Crippen molar-refractivity contribution in [2.24, 2.45) is 0 Å². The Morgan fingerprint density at radius 3 is 1.69 bits per heavy atom. The van der Waals surface area contributed by atoms with Gasteiger partial charge in [-0.15, -0.1) is 5.10 Å². The minimum atomic E-state index is -0.504. The summed E-state index contributed by atoms with van der Waals surface area (Å²) in [5.74, 6) is 0.144. The molecule has 0 aliphatic heterocycles. The second-order valence-corrected chi connectivity index (χ2v) is 7.89. The molecular weight excluding hydrogens is 452 g/mol. The summed E-state index contributed by atoms with van der Waals surface area (Å²) in [6, 6.07) is 33.9. The maximum Gasteiger partial charge on any atom is 0.267 e. The van der Waals surface area contributed by atoms with Crippen molar-refractivity contribution in [3.8, 4) is 22.8 Å². The Morgan fingerprint density at radius 1 is 0.694 bits per heavy atom. The van der Waals surface area contributed by atoms with E-state index in [4.69, 9.17) is 14.8 Å². The fourth-order valence-corrected chi connectivity index (χ4v) is 3.75. The maximum atomic E-state index is 13.8. The predicted molar refractivity (Wildman–Crippen MR) is 137 cm³/mol. The molecule has 0 fully saturated rings. The number of para-hydroxylation sites is 1. The minimum Gasteiger partial charge on any atom is -0.497 e. The Hall–Kier alpha value is -5.04. The summed E-state index contributed by atoms with van der Waals surface area (Å²) in [4.78, 5) is 33.3. The van der Waals surface area contributed by atoms with Gasteiger partial charge in [0.15, 0.2) is 5.82 Å². The highest BCUT2D eigenvalue weighted by Gasteiger charge is 2.31. The smallest absolute Gasteiger partial charge is 0.267 e. The Kier molecular flexibility index (Phi) is 6.36. The average Bonchev–Trinajstić information content (AvgIpc) is 3.39. The molecule has 0 aliphatic rings. The molecule has 36 heavy (non-hydrogen) atoms. The third-order valence-electron chi connectivity index (χ3n) is 5.59. The summed E-state index contributed by atoms with van der Waals surface area (Å²) < 4.78 is 6.77. The topological polar surface area (TPSA) is 77.3 Å². The van der Waals surface area contributed by atoms with E-state index in [1.54, 1.807) is 67.8 Å². The summed E-state index contributed by atoms with van der Waals surface area (Å²) in [6.07, 6.45) is 0. The number of carbonyl (C=O) groups excluding carboxylic acids is 2. The second kappa shape index (κ2) is 10.1. The number of methoxy groups -OCH3 is 1. The van der Waals surface area contributed by atoms with E-state index >= 15 is 0 Å². The Labute approximate surface area is 208 Å². The van der Waals surface area contributed by atoms with Crippen LogP contribution in [0.3, 0.4) is 0 Å². The van der Waals surface area contributed by atoms with Gasteiger partial charge in [0.05, 0.1) is 12.8 Å². The van der Waals surface area contributed by atoms with Gasteiger partial charge in [0.25, 0.3) is 11.8 Å². The van der Waals surface area contributed by atoms with E-state index in [1.807, 2.05) is 54.6 Å². The van der Waals surface area contributed by atoms with Crippen LogP contribution in [0.15, 0.2) is 115 Å². The first kappa shape index (κ1) is 22.7. The number of aromatic nitrogens is 3. The highest BCUT2D eigenvalue weighted by Crippen LogP contribution is 2.27. The summed E-state index contributed by atoms with van der Waals surface area (Å²) >= 11 is 0.